The van der Waals surface area contributed by atoms with Crippen molar-refractivity contribution in [1.82, 2.24) is 0 Å². The van der Waals surface area contributed by atoms with E-state index < -0.39 is 59.0 Å². The Labute approximate surface area is 165 Å². The van der Waals surface area contributed by atoms with Crippen LogP contribution in [0.4, 0.5) is 26.7 Å². The van der Waals surface area contributed by atoms with Gasteiger partial charge >= 0.3 is 12.3 Å². The van der Waals surface area contributed by atoms with E-state index in [1.807, 2.05) is 0 Å². The van der Waals surface area contributed by atoms with Gasteiger partial charge in [0, 0.05) is 11.5 Å². The number of alkyl halides is 3. The van der Waals surface area contributed by atoms with E-state index in [2.05, 4.69) is 0 Å². The van der Waals surface area contributed by atoms with Gasteiger partial charge in [-0.25, -0.2) is 9.18 Å². The summed E-state index contributed by atoms with van der Waals surface area (Å²) >= 11 is 0. The quantitative estimate of drug-likeness (QED) is 0.484. The molecular formula is C19H23F5O5. The van der Waals surface area contributed by atoms with Crippen LogP contribution in [-0.4, -0.2) is 36.9 Å². The lowest BCUT2D eigenvalue weighted by molar-refractivity contribution is -0.293. The van der Waals surface area contributed by atoms with Crippen LogP contribution in [-0.2, 0) is 14.2 Å². The minimum absolute atomic E-state index is 0.125. The summed E-state index contributed by atoms with van der Waals surface area (Å²) in [5.74, 6) is -5.84. The Morgan fingerprint density at radius 1 is 1.17 bits per heavy atom. The molecule has 29 heavy (non-hydrogen) atoms. The second kappa shape index (κ2) is 7.62. The van der Waals surface area contributed by atoms with E-state index >= 15 is 0 Å². The maximum atomic E-state index is 14.2. The normalized spacial score (nSPS) is 27.6. The molecule has 0 saturated carbocycles. The standard InChI is InChI=1S/C19H23F5O5/c1-9-12(10-7-8-11(20)13(21)14(10)26-6)15(27-16(25)29-17(2,3)4)28-18(9,5)19(22,23)24/h7-9,12,15H,1-6H3/t9-,12-,15+,18+/m0/s1. The van der Waals surface area contributed by atoms with E-state index in [0.717, 1.165) is 26.2 Å². The Balaban J connectivity index is 2.53. The van der Waals surface area contributed by atoms with Crippen LogP contribution in [0.15, 0.2) is 12.1 Å². The number of carbonyl (C=O) groups is 1. The second-order valence-electron chi connectivity index (χ2n) is 7.97. The Morgan fingerprint density at radius 2 is 1.76 bits per heavy atom. The van der Waals surface area contributed by atoms with Crippen molar-refractivity contribution in [2.45, 2.75) is 64.2 Å². The topological polar surface area (TPSA) is 54.0 Å². The van der Waals surface area contributed by atoms with Gasteiger partial charge in [0.05, 0.1) is 13.0 Å². The molecule has 1 aromatic rings. The lowest BCUT2D eigenvalue weighted by atomic mass is 9.79. The lowest BCUT2D eigenvalue weighted by Gasteiger charge is -2.31. The number of hydrogen-bond acceptors (Lipinski definition) is 5. The van der Waals surface area contributed by atoms with Crippen molar-refractivity contribution in [2.75, 3.05) is 7.11 Å². The molecule has 0 amide bonds. The second-order valence-corrected chi connectivity index (χ2v) is 7.97. The Kier molecular flexibility index (Phi) is 6.09. The van der Waals surface area contributed by atoms with Crippen molar-refractivity contribution in [1.29, 1.82) is 0 Å². The largest absolute Gasteiger partial charge is 0.511 e. The van der Waals surface area contributed by atoms with Gasteiger partial charge in [-0.2, -0.15) is 17.6 Å². The van der Waals surface area contributed by atoms with Gasteiger partial charge in [-0.3, -0.25) is 0 Å². The monoisotopic (exact) mass is 426 g/mol. The molecule has 0 unspecified atom stereocenters. The zero-order valence-electron chi connectivity index (χ0n) is 16.8. The van der Waals surface area contributed by atoms with Crippen LogP contribution < -0.4 is 4.74 Å². The van der Waals surface area contributed by atoms with Crippen LogP contribution in [0, 0.1) is 17.6 Å². The smallest absolute Gasteiger partial charge is 0.493 e. The minimum atomic E-state index is -4.83. The molecule has 0 radical (unpaired) electrons. The number of ether oxygens (including phenoxy) is 4. The first-order chi connectivity index (χ1) is 13.1. The van der Waals surface area contributed by atoms with Crippen LogP contribution >= 0.6 is 0 Å². The van der Waals surface area contributed by atoms with Crippen molar-refractivity contribution in [2.24, 2.45) is 5.92 Å². The van der Waals surface area contributed by atoms with Crippen LogP contribution in [0.5, 0.6) is 5.75 Å². The minimum Gasteiger partial charge on any atom is -0.493 e. The van der Waals surface area contributed by atoms with Crippen LogP contribution in [0.1, 0.15) is 46.1 Å². The van der Waals surface area contributed by atoms with Crippen LogP contribution in [0.3, 0.4) is 0 Å². The van der Waals surface area contributed by atoms with Gasteiger partial charge in [0.2, 0.25) is 12.1 Å². The number of carbonyl (C=O) groups excluding carboxylic acids is 1. The van der Waals surface area contributed by atoms with Gasteiger partial charge in [0.1, 0.15) is 5.60 Å². The maximum Gasteiger partial charge on any atom is 0.511 e. The fourth-order valence-electron chi connectivity index (χ4n) is 3.22. The summed E-state index contributed by atoms with van der Waals surface area (Å²) in [5.41, 5.74) is -3.82. The summed E-state index contributed by atoms with van der Waals surface area (Å²) in [6.45, 7) is 6.65. The average molecular weight is 426 g/mol. The first-order valence-corrected chi connectivity index (χ1v) is 8.78. The highest BCUT2D eigenvalue weighted by Gasteiger charge is 2.65. The molecule has 0 aliphatic carbocycles. The van der Waals surface area contributed by atoms with E-state index in [1.54, 1.807) is 20.8 Å². The number of halogens is 5. The Morgan fingerprint density at radius 3 is 2.24 bits per heavy atom. The number of hydrogen-bond donors (Lipinski definition) is 0. The lowest BCUT2D eigenvalue weighted by Crippen LogP contribution is -2.47. The molecule has 10 heteroatoms. The molecule has 2 rings (SSSR count). The fourth-order valence-corrected chi connectivity index (χ4v) is 3.22. The third-order valence-corrected chi connectivity index (χ3v) is 4.87. The summed E-state index contributed by atoms with van der Waals surface area (Å²) in [6, 6.07) is 1.84. The van der Waals surface area contributed by atoms with Gasteiger partial charge in [0.25, 0.3) is 0 Å². The highest BCUT2D eigenvalue weighted by atomic mass is 19.4. The molecule has 1 aromatic carbocycles. The molecular weight excluding hydrogens is 403 g/mol. The fraction of sp³-hybridized carbons (Fsp3) is 0.632. The third-order valence-electron chi connectivity index (χ3n) is 4.87. The molecule has 0 N–H and O–H groups in total. The molecule has 1 heterocycles. The maximum absolute atomic E-state index is 14.2. The molecule has 0 aromatic heterocycles. The van der Waals surface area contributed by atoms with Gasteiger partial charge in [-0.05, 0) is 33.8 Å². The van der Waals surface area contributed by atoms with Crippen molar-refractivity contribution in [3.05, 3.63) is 29.3 Å². The molecule has 0 spiro atoms. The van der Waals surface area contributed by atoms with Crippen LogP contribution in [0.25, 0.3) is 0 Å². The zero-order valence-corrected chi connectivity index (χ0v) is 16.8. The SMILES string of the molecule is COc1c([C@H]2[C@H](OC(=O)OC(C)(C)C)O[C@@](C)(C(F)(F)F)[C@H]2C)ccc(F)c1F. The molecule has 1 aliphatic rings. The molecule has 1 saturated heterocycles. The van der Waals surface area contributed by atoms with E-state index in [-0.39, 0.29) is 5.56 Å². The predicted molar refractivity (Wildman–Crippen MR) is 91.5 cm³/mol. The van der Waals surface area contributed by atoms with Gasteiger partial charge in [-0.1, -0.05) is 13.0 Å². The van der Waals surface area contributed by atoms with E-state index in [1.165, 1.54) is 6.92 Å². The number of benzene rings is 1. The Hall–Kier alpha value is -2.10. The first-order valence-electron chi connectivity index (χ1n) is 8.78. The van der Waals surface area contributed by atoms with E-state index in [4.69, 9.17) is 18.9 Å². The third kappa shape index (κ3) is 4.41. The summed E-state index contributed by atoms with van der Waals surface area (Å²) in [4.78, 5) is 12.1. The molecule has 1 fully saturated rings. The van der Waals surface area contributed by atoms with E-state index in [0.29, 0.717) is 0 Å². The van der Waals surface area contributed by atoms with E-state index in [9.17, 15) is 26.7 Å². The van der Waals surface area contributed by atoms with Crippen molar-refractivity contribution in [3.63, 3.8) is 0 Å². The molecule has 5 nitrogen and oxygen atoms in total. The van der Waals surface area contributed by atoms with Crippen molar-refractivity contribution in [3.8, 4) is 5.75 Å². The van der Waals surface area contributed by atoms with Crippen molar-refractivity contribution >= 4 is 6.16 Å². The van der Waals surface area contributed by atoms with Gasteiger partial charge in [0.15, 0.2) is 17.2 Å². The molecule has 4 atom stereocenters. The average Bonchev–Trinajstić information content (AvgIpc) is 2.79. The zero-order chi connectivity index (χ0) is 22.4. The van der Waals surface area contributed by atoms with Gasteiger partial charge in [-0.15, -0.1) is 0 Å². The number of rotatable bonds is 3. The summed E-state index contributed by atoms with van der Waals surface area (Å²) in [6.07, 6.45) is -7.86. The molecule has 164 valence electrons. The first kappa shape index (κ1) is 23.2. The summed E-state index contributed by atoms with van der Waals surface area (Å²) in [7, 11) is 1.05. The predicted octanol–water partition coefficient (Wildman–Crippen LogP) is 5.32. The Bertz CT molecular complexity index is 773. The van der Waals surface area contributed by atoms with Crippen LogP contribution in [0.2, 0.25) is 0 Å². The molecule has 0 bridgehead atoms. The number of methoxy groups -OCH3 is 1. The highest BCUT2D eigenvalue weighted by Crippen LogP contribution is 2.55. The summed E-state index contributed by atoms with van der Waals surface area (Å²) in [5, 5.41) is 0. The van der Waals surface area contributed by atoms with Crippen molar-refractivity contribution < 1.29 is 45.7 Å². The van der Waals surface area contributed by atoms with Gasteiger partial charge < -0.3 is 18.9 Å². The summed E-state index contributed by atoms with van der Waals surface area (Å²) < 4.78 is 89.0. The molecule has 1 aliphatic heterocycles. The highest BCUT2D eigenvalue weighted by molar-refractivity contribution is 5.61.